The maximum Gasteiger partial charge on any atom is 0.410 e. The highest BCUT2D eigenvalue weighted by atomic mass is 19.1. The molecule has 0 aromatic carbocycles. The van der Waals surface area contributed by atoms with Gasteiger partial charge in [-0.05, 0) is 13.8 Å². The van der Waals surface area contributed by atoms with Crippen LogP contribution >= 0.6 is 0 Å². The molecule has 0 aliphatic carbocycles. The molecule has 1 amide bonds. The summed E-state index contributed by atoms with van der Waals surface area (Å²) in [6.07, 6.45) is -3.18. The van der Waals surface area contributed by atoms with Crippen molar-refractivity contribution in [2.75, 3.05) is 13.1 Å². The number of carbonyl (C=O) groups excluding carboxylic acids is 1. The van der Waals surface area contributed by atoms with Crippen LogP contribution in [0.5, 0.6) is 0 Å². The minimum atomic E-state index is -1.41. The van der Waals surface area contributed by atoms with Crippen molar-refractivity contribution in [1.82, 2.24) is 4.90 Å². The van der Waals surface area contributed by atoms with Crippen molar-refractivity contribution in [2.45, 2.75) is 46.1 Å². The number of aliphatic hydroxyl groups excluding tert-OH is 1. The second-order valence-electron chi connectivity index (χ2n) is 5.26. The Kier molecular flexibility index (Phi) is 3.78. The van der Waals surface area contributed by atoms with E-state index in [1.807, 2.05) is 0 Å². The van der Waals surface area contributed by atoms with Gasteiger partial charge >= 0.3 is 6.09 Å². The summed E-state index contributed by atoms with van der Waals surface area (Å²) in [6, 6.07) is 0. The zero-order chi connectivity index (χ0) is 12.5. The molecular weight excluding hydrogens is 213 g/mol. The van der Waals surface area contributed by atoms with E-state index in [-0.39, 0.29) is 12.6 Å². The molecule has 5 heteroatoms. The maximum atomic E-state index is 13.5. The monoisotopic (exact) mass is 233 g/mol. The van der Waals surface area contributed by atoms with Gasteiger partial charge in [0.25, 0.3) is 0 Å². The molecular formula is C11H20FNO3. The van der Waals surface area contributed by atoms with Crippen LogP contribution in [0.3, 0.4) is 0 Å². The van der Waals surface area contributed by atoms with E-state index in [1.54, 1.807) is 27.7 Å². The number of rotatable bonds is 1. The Morgan fingerprint density at radius 1 is 1.56 bits per heavy atom. The number of aliphatic hydroxyl groups is 1. The van der Waals surface area contributed by atoms with Crippen molar-refractivity contribution in [3.8, 4) is 0 Å². The molecule has 0 bridgehead atoms. The third-order valence-electron chi connectivity index (χ3n) is 2.73. The van der Waals surface area contributed by atoms with E-state index in [1.165, 1.54) is 4.90 Å². The maximum absolute atomic E-state index is 13.5. The van der Waals surface area contributed by atoms with Gasteiger partial charge in [-0.25, -0.2) is 9.18 Å². The fourth-order valence-corrected chi connectivity index (χ4v) is 1.87. The first kappa shape index (κ1) is 13.2. The van der Waals surface area contributed by atoms with E-state index >= 15 is 0 Å². The average Bonchev–Trinajstić information content (AvgIpc) is 2.12. The number of carbonyl (C=O) groups is 1. The summed E-state index contributed by atoms with van der Waals surface area (Å²) in [4.78, 5) is 12.9. The summed E-state index contributed by atoms with van der Waals surface area (Å²) in [5, 5.41) is 9.63. The Labute approximate surface area is 95.4 Å². The normalized spacial score (nSPS) is 29.3. The average molecular weight is 233 g/mol. The van der Waals surface area contributed by atoms with Crippen LogP contribution in [0.1, 0.15) is 27.7 Å². The lowest BCUT2D eigenvalue weighted by Gasteiger charge is -2.43. The molecule has 0 aromatic rings. The van der Waals surface area contributed by atoms with Gasteiger partial charge in [-0.15, -0.1) is 0 Å². The van der Waals surface area contributed by atoms with Gasteiger partial charge in [0, 0.05) is 12.0 Å². The minimum absolute atomic E-state index is 0.101. The summed E-state index contributed by atoms with van der Waals surface area (Å²) in [5.74, 6) is 0. The number of hydrogen-bond donors (Lipinski definition) is 1. The Morgan fingerprint density at radius 2 is 2.12 bits per heavy atom. The lowest BCUT2D eigenvalue weighted by atomic mass is 9.80. The first-order chi connectivity index (χ1) is 7.24. The molecule has 0 saturated carbocycles. The number of alkyl halides is 1. The standard InChI is InChI=1S/C11H20FNO3/c1-7(2)16-10(15)13-5-8(12)9(14)11(3,4)6-13/h7-9,14H,5-6H2,1-4H3. The quantitative estimate of drug-likeness (QED) is 0.748. The zero-order valence-electron chi connectivity index (χ0n) is 10.2. The number of ether oxygens (including phenoxy) is 1. The van der Waals surface area contributed by atoms with E-state index in [2.05, 4.69) is 0 Å². The van der Waals surface area contributed by atoms with Crippen LogP contribution in [-0.4, -0.2) is 47.6 Å². The third-order valence-corrected chi connectivity index (χ3v) is 2.73. The fraction of sp³-hybridized carbons (Fsp3) is 0.909. The molecule has 4 nitrogen and oxygen atoms in total. The number of amides is 1. The lowest BCUT2D eigenvalue weighted by molar-refractivity contribution is -0.0754. The summed E-state index contributed by atoms with van der Waals surface area (Å²) >= 11 is 0. The van der Waals surface area contributed by atoms with E-state index in [0.717, 1.165) is 0 Å². The molecule has 1 aliphatic heterocycles. The minimum Gasteiger partial charge on any atom is -0.447 e. The van der Waals surface area contributed by atoms with Crippen molar-refractivity contribution in [1.29, 1.82) is 0 Å². The van der Waals surface area contributed by atoms with Crippen molar-refractivity contribution < 1.29 is 19.0 Å². The highest BCUT2D eigenvalue weighted by molar-refractivity contribution is 5.68. The summed E-state index contributed by atoms with van der Waals surface area (Å²) in [7, 11) is 0. The number of halogens is 1. The largest absolute Gasteiger partial charge is 0.447 e. The van der Waals surface area contributed by atoms with Crippen LogP contribution in [0.4, 0.5) is 9.18 Å². The highest BCUT2D eigenvalue weighted by Crippen LogP contribution is 2.31. The smallest absolute Gasteiger partial charge is 0.410 e. The molecule has 1 N–H and O–H groups in total. The number of hydrogen-bond acceptors (Lipinski definition) is 3. The Balaban J connectivity index is 2.67. The van der Waals surface area contributed by atoms with E-state index in [4.69, 9.17) is 4.74 Å². The van der Waals surface area contributed by atoms with Crippen LogP contribution < -0.4 is 0 Å². The predicted octanol–water partition coefficient (Wildman–Crippen LogP) is 1.57. The summed E-state index contributed by atoms with van der Waals surface area (Å²) < 4.78 is 18.5. The molecule has 94 valence electrons. The molecule has 2 atom stereocenters. The third kappa shape index (κ3) is 2.84. The van der Waals surface area contributed by atoms with Gasteiger partial charge in [0.05, 0.1) is 18.8 Å². The molecule has 0 aromatic heterocycles. The number of piperidine rings is 1. The lowest BCUT2D eigenvalue weighted by Crippen LogP contribution is -2.57. The number of nitrogens with zero attached hydrogens (tertiary/aromatic N) is 1. The highest BCUT2D eigenvalue weighted by Gasteiger charge is 2.43. The van der Waals surface area contributed by atoms with Crippen LogP contribution in [0.25, 0.3) is 0 Å². The molecule has 0 radical (unpaired) electrons. The van der Waals surface area contributed by atoms with Crippen molar-refractivity contribution in [3.05, 3.63) is 0 Å². The molecule has 1 fully saturated rings. The van der Waals surface area contributed by atoms with Gasteiger partial charge in [-0.2, -0.15) is 0 Å². The molecule has 16 heavy (non-hydrogen) atoms. The topological polar surface area (TPSA) is 49.8 Å². The van der Waals surface area contributed by atoms with E-state index < -0.39 is 23.8 Å². The Hall–Kier alpha value is -0.840. The molecule has 1 aliphatic rings. The van der Waals surface area contributed by atoms with Crippen LogP contribution in [0.15, 0.2) is 0 Å². The molecule has 2 unspecified atom stereocenters. The van der Waals surface area contributed by atoms with E-state index in [9.17, 15) is 14.3 Å². The first-order valence-electron chi connectivity index (χ1n) is 5.51. The van der Waals surface area contributed by atoms with Crippen LogP contribution in [0.2, 0.25) is 0 Å². The van der Waals surface area contributed by atoms with Crippen LogP contribution in [0, 0.1) is 5.41 Å². The second-order valence-corrected chi connectivity index (χ2v) is 5.26. The molecule has 1 rings (SSSR count). The first-order valence-corrected chi connectivity index (χ1v) is 5.51. The fourth-order valence-electron chi connectivity index (χ4n) is 1.87. The SMILES string of the molecule is CC(C)OC(=O)N1CC(F)C(O)C(C)(C)C1. The summed E-state index contributed by atoms with van der Waals surface area (Å²) in [6.45, 7) is 7.16. The van der Waals surface area contributed by atoms with Gasteiger partial charge in [0.15, 0.2) is 0 Å². The summed E-state index contributed by atoms with van der Waals surface area (Å²) in [5.41, 5.74) is -0.645. The Morgan fingerprint density at radius 3 is 2.56 bits per heavy atom. The van der Waals surface area contributed by atoms with Gasteiger partial charge in [-0.1, -0.05) is 13.8 Å². The zero-order valence-corrected chi connectivity index (χ0v) is 10.2. The molecule has 1 heterocycles. The second kappa shape index (κ2) is 4.57. The Bertz CT molecular complexity index is 268. The molecule has 1 saturated heterocycles. The number of likely N-dealkylation sites (tertiary alicyclic amines) is 1. The van der Waals surface area contributed by atoms with Gasteiger partial charge in [-0.3, -0.25) is 0 Å². The predicted molar refractivity (Wildman–Crippen MR) is 57.9 cm³/mol. The van der Waals surface area contributed by atoms with Gasteiger partial charge < -0.3 is 14.7 Å². The van der Waals surface area contributed by atoms with Crippen molar-refractivity contribution in [3.63, 3.8) is 0 Å². The van der Waals surface area contributed by atoms with Gasteiger partial charge in [0.2, 0.25) is 0 Å². The van der Waals surface area contributed by atoms with Crippen molar-refractivity contribution in [2.24, 2.45) is 5.41 Å². The van der Waals surface area contributed by atoms with Crippen molar-refractivity contribution >= 4 is 6.09 Å². The van der Waals surface area contributed by atoms with Crippen LogP contribution in [-0.2, 0) is 4.74 Å². The van der Waals surface area contributed by atoms with Gasteiger partial charge in [0.1, 0.15) is 6.17 Å². The molecule has 0 spiro atoms. The van der Waals surface area contributed by atoms with E-state index in [0.29, 0.717) is 6.54 Å².